The molecule has 0 bridgehead atoms. The van der Waals surface area contributed by atoms with Crippen molar-refractivity contribution in [3.63, 3.8) is 0 Å². The molecule has 2 aromatic rings. The van der Waals surface area contributed by atoms with Gasteiger partial charge in [0.1, 0.15) is 5.01 Å². The first-order valence-corrected chi connectivity index (χ1v) is 9.36. The van der Waals surface area contributed by atoms with E-state index in [1.165, 1.54) is 5.56 Å². The van der Waals surface area contributed by atoms with Gasteiger partial charge in [-0.15, -0.1) is 11.3 Å². The average molecular weight is 357 g/mol. The van der Waals surface area contributed by atoms with Crippen LogP contribution in [0.1, 0.15) is 22.7 Å². The molecule has 6 heteroatoms. The van der Waals surface area contributed by atoms with Crippen LogP contribution in [-0.4, -0.2) is 46.7 Å². The van der Waals surface area contributed by atoms with Gasteiger partial charge in [0.2, 0.25) is 11.8 Å². The molecule has 3 rings (SSSR count). The van der Waals surface area contributed by atoms with Gasteiger partial charge in [0.05, 0.1) is 13.1 Å². The van der Waals surface area contributed by atoms with Gasteiger partial charge >= 0.3 is 0 Å². The molecule has 0 saturated carbocycles. The summed E-state index contributed by atoms with van der Waals surface area (Å²) in [6.07, 6.45) is 1.41. The van der Waals surface area contributed by atoms with Crippen molar-refractivity contribution in [2.75, 3.05) is 20.1 Å². The average Bonchev–Trinajstić information content (AvgIpc) is 3.14. The summed E-state index contributed by atoms with van der Waals surface area (Å²) in [5.74, 6) is 0.323. The van der Waals surface area contributed by atoms with Crippen molar-refractivity contribution in [1.29, 1.82) is 0 Å². The monoisotopic (exact) mass is 357 g/mol. The Labute approximate surface area is 152 Å². The minimum Gasteiger partial charge on any atom is -0.337 e. The maximum Gasteiger partial charge on any atom is 0.242 e. The maximum atomic E-state index is 12.4. The van der Waals surface area contributed by atoms with E-state index in [0.717, 1.165) is 17.1 Å². The smallest absolute Gasteiger partial charge is 0.242 e. The van der Waals surface area contributed by atoms with Crippen molar-refractivity contribution in [3.8, 4) is 0 Å². The Kier molecular flexibility index (Phi) is 5.48. The number of aryl methyl sites for hydroxylation is 1. The molecule has 1 aliphatic heterocycles. The molecule has 1 aromatic heterocycles. The molecule has 2 amide bonds. The van der Waals surface area contributed by atoms with E-state index in [0.29, 0.717) is 19.5 Å². The normalized spacial score (nSPS) is 17.1. The lowest BCUT2D eigenvalue weighted by molar-refractivity contribution is -0.137. The highest BCUT2D eigenvalue weighted by Crippen LogP contribution is 2.22. The van der Waals surface area contributed by atoms with Crippen molar-refractivity contribution in [3.05, 3.63) is 52.0 Å². The summed E-state index contributed by atoms with van der Waals surface area (Å²) in [6, 6.07) is 10.2. The minimum atomic E-state index is -0.0402. The van der Waals surface area contributed by atoms with E-state index in [-0.39, 0.29) is 24.3 Å². The van der Waals surface area contributed by atoms with Gasteiger partial charge in [-0.3, -0.25) is 9.59 Å². The summed E-state index contributed by atoms with van der Waals surface area (Å²) in [5.41, 5.74) is 2.21. The van der Waals surface area contributed by atoms with E-state index in [4.69, 9.17) is 0 Å². The third-order valence-corrected chi connectivity index (χ3v) is 5.40. The van der Waals surface area contributed by atoms with E-state index in [9.17, 15) is 9.59 Å². The second kappa shape index (κ2) is 7.78. The highest BCUT2D eigenvalue weighted by molar-refractivity contribution is 7.09. The number of thiazole rings is 1. The number of carbonyl (C=O) groups is 2. The zero-order chi connectivity index (χ0) is 17.8. The molecule has 0 spiro atoms. The number of amides is 2. The van der Waals surface area contributed by atoms with Crippen molar-refractivity contribution < 1.29 is 9.59 Å². The largest absolute Gasteiger partial charge is 0.337 e. The Morgan fingerprint density at radius 3 is 2.80 bits per heavy atom. The lowest BCUT2D eigenvalue weighted by Gasteiger charge is -2.21. The van der Waals surface area contributed by atoms with Crippen LogP contribution in [0.2, 0.25) is 0 Å². The lowest BCUT2D eigenvalue weighted by Crippen LogP contribution is -2.38. The quantitative estimate of drug-likeness (QED) is 0.798. The Bertz CT molecular complexity index is 744. The molecule has 1 atom stereocenters. The van der Waals surface area contributed by atoms with Gasteiger partial charge in [-0.1, -0.05) is 30.3 Å². The third-order valence-electron chi connectivity index (χ3n) is 4.45. The van der Waals surface area contributed by atoms with Crippen LogP contribution in [0.4, 0.5) is 0 Å². The van der Waals surface area contributed by atoms with Gasteiger partial charge in [0.15, 0.2) is 0 Å². The number of benzene rings is 1. The molecule has 0 aliphatic carbocycles. The zero-order valence-electron chi connectivity index (χ0n) is 14.6. The summed E-state index contributed by atoms with van der Waals surface area (Å²) in [4.78, 5) is 32.4. The van der Waals surface area contributed by atoms with Crippen LogP contribution >= 0.6 is 11.3 Å². The van der Waals surface area contributed by atoms with E-state index >= 15 is 0 Å². The third kappa shape index (κ3) is 4.66. The van der Waals surface area contributed by atoms with Crippen LogP contribution in [-0.2, 0) is 22.6 Å². The summed E-state index contributed by atoms with van der Waals surface area (Å²) in [6.45, 7) is 3.25. The highest BCUT2D eigenvalue weighted by atomic mass is 32.1. The van der Waals surface area contributed by atoms with Crippen molar-refractivity contribution in [2.24, 2.45) is 5.92 Å². The number of carbonyl (C=O) groups excluding carboxylic acids is 2. The first-order valence-electron chi connectivity index (χ1n) is 8.48. The van der Waals surface area contributed by atoms with E-state index in [2.05, 4.69) is 17.1 Å². The molecule has 5 nitrogen and oxygen atoms in total. The molecule has 25 heavy (non-hydrogen) atoms. The zero-order valence-corrected chi connectivity index (χ0v) is 15.5. The maximum absolute atomic E-state index is 12.4. The molecule has 2 heterocycles. The fourth-order valence-electron chi connectivity index (χ4n) is 3.14. The van der Waals surface area contributed by atoms with Crippen LogP contribution in [0, 0.1) is 12.8 Å². The summed E-state index contributed by atoms with van der Waals surface area (Å²) >= 11 is 1.55. The van der Waals surface area contributed by atoms with Gasteiger partial charge in [0.25, 0.3) is 0 Å². The number of hydrogen-bond donors (Lipinski definition) is 0. The lowest BCUT2D eigenvalue weighted by atomic mass is 9.99. The molecule has 1 aromatic carbocycles. The van der Waals surface area contributed by atoms with Gasteiger partial charge < -0.3 is 9.80 Å². The number of nitrogens with zero attached hydrogens (tertiary/aromatic N) is 3. The number of likely N-dealkylation sites (N-methyl/N-ethyl adjacent to an activating group) is 1. The van der Waals surface area contributed by atoms with Crippen LogP contribution in [0.3, 0.4) is 0 Å². The van der Waals surface area contributed by atoms with E-state index in [1.807, 2.05) is 30.5 Å². The summed E-state index contributed by atoms with van der Waals surface area (Å²) < 4.78 is 0. The van der Waals surface area contributed by atoms with Gasteiger partial charge in [-0.2, -0.15) is 0 Å². The first-order chi connectivity index (χ1) is 12.0. The highest BCUT2D eigenvalue weighted by Gasteiger charge is 2.31. The molecule has 132 valence electrons. The summed E-state index contributed by atoms with van der Waals surface area (Å²) in [5, 5.41) is 2.90. The Hall–Kier alpha value is -2.21. The first kappa shape index (κ1) is 17.6. The molecule has 0 radical (unpaired) electrons. The van der Waals surface area contributed by atoms with Crippen LogP contribution in [0.15, 0.2) is 35.7 Å². The Balaban J connectivity index is 1.51. The Morgan fingerprint density at radius 1 is 1.36 bits per heavy atom. The van der Waals surface area contributed by atoms with Gasteiger partial charge in [-0.25, -0.2) is 4.98 Å². The van der Waals surface area contributed by atoms with Crippen molar-refractivity contribution in [2.45, 2.75) is 26.3 Å². The molecule has 1 fully saturated rings. The van der Waals surface area contributed by atoms with Gasteiger partial charge in [-0.05, 0) is 24.8 Å². The van der Waals surface area contributed by atoms with E-state index in [1.54, 1.807) is 28.2 Å². The SMILES string of the molecule is Cc1csc(CN(C)C(=O)CN2C[C@@H](Cc3ccccc3)CC2=O)n1. The molecule has 0 unspecified atom stereocenters. The molecular weight excluding hydrogens is 334 g/mol. The molecule has 0 N–H and O–H groups in total. The van der Waals surface area contributed by atoms with E-state index < -0.39 is 0 Å². The fraction of sp³-hybridized carbons (Fsp3) is 0.421. The number of likely N-dealkylation sites (tertiary alicyclic amines) is 1. The van der Waals surface area contributed by atoms with Crippen LogP contribution < -0.4 is 0 Å². The van der Waals surface area contributed by atoms with Gasteiger partial charge in [0, 0.05) is 31.1 Å². The van der Waals surface area contributed by atoms with Crippen LogP contribution in [0.25, 0.3) is 0 Å². The molecular formula is C19H23N3O2S. The Morgan fingerprint density at radius 2 is 2.12 bits per heavy atom. The summed E-state index contributed by atoms with van der Waals surface area (Å²) in [7, 11) is 1.76. The molecule has 1 aliphatic rings. The fourth-order valence-corrected chi connectivity index (χ4v) is 3.97. The number of rotatable bonds is 6. The molecule has 1 saturated heterocycles. The predicted molar refractivity (Wildman–Crippen MR) is 98.2 cm³/mol. The predicted octanol–water partition coefficient (Wildman–Crippen LogP) is 2.50. The topological polar surface area (TPSA) is 53.5 Å². The van der Waals surface area contributed by atoms with Crippen molar-refractivity contribution >= 4 is 23.2 Å². The minimum absolute atomic E-state index is 0.0402. The standard InChI is InChI=1S/C19H23N3O2S/c1-14-13-25-17(20-14)11-21(2)19(24)12-22-10-16(9-18(22)23)8-15-6-4-3-5-7-15/h3-7,13,16H,8-12H2,1-2H3/t16-/m0/s1. The number of aromatic nitrogens is 1. The second-order valence-corrected chi connectivity index (χ2v) is 7.61. The second-order valence-electron chi connectivity index (χ2n) is 6.67. The van der Waals surface area contributed by atoms with Crippen molar-refractivity contribution in [1.82, 2.24) is 14.8 Å². The van der Waals surface area contributed by atoms with Crippen LogP contribution in [0.5, 0.6) is 0 Å². The number of hydrogen-bond acceptors (Lipinski definition) is 4.